The van der Waals surface area contributed by atoms with Gasteiger partial charge in [-0.05, 0) is 12.2 Å². The Hall–Kier alpha value is -2.55. The van der Waals surface area contributed by atoms with Crippen LogP contribution >= 0.6 is 0 Å². The van der Waals surface area contributed by atoms with E-state index < -0.39 is 12.3 Å². The lowest BCUT2D eigenvalue weighted by Crippen LogP contribution is -2.37. The Morgan fingerprint density at radius 2 is 2.08 bits per heavy atom. The summed E-state index contributed by atoms with van der Waals surface area (Å²) in [5, 5.41) is 0. The van der Waals surface area contributed by atoms with Gasteiger partial charge in [0.15, 0.2) is 18.1 Å². The molecule has 7 nitrogen and oxygen atoms in total. The molecule has 0 radical (unpaired) electrons. The predicted molar refractivity (Wildman–Crippen MR) is 85.0 cm³/mol. The first-order valence-corrected chi connectivity index (χ1v) is 7.99. The van der Waals surface area contributed by atoms with Crippen LogP contribution in [0.25, 0.3) is 6.08 Å². The fraction of sp³-hybridized carbons (Fsp3) is 0.438. The van der Waals surface area contributed by atoms with E-state index in [-0.39, 0.29) is 29.3 Å². The highest BCUT2D eigenvalue weighted by atomic mass is 19.2. The summed E-state index contributed by atoms with van der Waals surface area (Å²) in [6, 6.07) is 1.42. The summed E-state index contributed by atoms with van der Waals surface area (Å²) in [7, 11) is 0. The number of fused-ring (bicyclic) bond motifs is 1. The number of oxazole rings is 1. The SMILES string of the molecule is O=c1cc(N2CCOCC2)nc(Cc2nc3c(o2)C(F)C(F)C=C3)[nH]1. The van der Waals surface area contributed by atoms with Crippen molar-refractivity contribution in [1.29, 1.82) is 0 Å². The van der Waals surface area contributed by atoms with Crippen LogP contribution in [0.1, 0.15) is 29.3 Å². The fourth-order valence-electron chi connectivity index (χ4n) is 2.88. The molecule has 4 rings (SSSR count). The molecule has 0 amide bonds. The summed E-state index contributed by atoms with van der Waals surface area (Å²) >= 11 is 0. The average molecular weight is 350 g/mol. The molecule has 0 spiro atoms. The van der Waals surface area contributed by atoms with Crippen LogP contribution < -0.4 is 10.5 Å². The van der Waals surface area contributed by atoms with Crippen molar-refractivity contribution in [2.24, 2.45) is 0 Å². The number of hydrogen-bond donors (Lipinski definition) is 1. The van der Waals surface area contributed by atoms with Gasteiger partial charge in [0, 0.05) is 19.2 Å². The third-order valence-corrected chi connectivity index (χ3v) is 4.12. The van der Waals surface area contributed by atoms with Crippen molar-refractivity contribution in [3.63, 3.8) is 0 Å². The maximum absolute atomic E-state index is 13.8. The molecule has 2 aromatic heterocycles. The molecule has 1 saturated heterocycles. The molecule has 132 valence electrons. The van der Waals surface area contributed by atoms with Crippen molar-refractivity contribution in [1.82, 2.24) is 15.0 Å². The zero-order valence-electron chi connectivity index (χ0n) is 13.2. The molecule has 0 bridgehead atoms. The highest BCUT2D eigenvalue weighted by Crippen LogP contribution is 2.33. The smallest absolute Gasteiger partial charge is 0.252 e. The number of hydrogen-bond acceptors (Lipinski definition) is 6. The second-order valence-corrected chi connectivity index (χ2v) is 5.89. The Labute approximate surface area is 141 Å². The van der Waals surface area contributed by atoms with Crippen molar-refractivity contribution in [2.45, 2.75) is 18.8 Å². The molecule has 25 heavy (non-hydrogen) atoms. The summed E-state index contributed by atoms with van der Waals surface area (Å²) in [5.41, 5.74) is -0.0296. The Morgan fingerprint density at radius 1 is 1.28 bits per heavy atom. The van der Waals surface area contributed by atoms with E-state index in [2.05, 4.69) is 15.0 Å². The summed E-state index contributed by atoms with van der Waals surface area (Å²) in [6.45, 7) is 2.45. The Bertz CT molecular complexity index is 857. The maximum atomic E-state index is 13.8. The zero-order valence-corrected chi connectivity index (χ0v) is 13.2. The van der Waals surface area contributed by atoms with Crippen LogP contribution in [0.4, 0.5) is 14.6 Å². The number of H-pyrrole nitrogens is 1. The minimum Gasteiger partial charge on any atom is -0.441 e. The van der Waals surface area contributed by atoms with Gasteiger partial charge < -0.3 is 19.0 Å². The van der Waals surface area contributed by atoms with Crippen LogP contribution in [-0.4, -0.2) is 47.4 Å². The second-order valence-electron chi connectivity index (χ2n) is 5.89. The third kappa shape index (κ3) is 3.19. The van der Waals surface area contributed by atoms with Gasteiger partial charge >= 0.3 is 0 Å². The van der Waals surface area contributed by atoms with Gasteiger partial charge in [-0.1, -0.05) is 0 Å². The Kier molecular flexibility index (Phi) is 4.08. The maximum Gasteiger partial charge on any atom is 0.252 e. The van der Waals surface area contributed by atoms with Crippen LogP contribution in [0.15, 0.2) is 21.4 Å². The number of nitrogens with zero attached hydrogens (tertiary/aromatic N) is 3. The highest BCUT2D eigenvalue weighted by Gasteiger charge is 2.31. The standard InChI is InChI=1S/C16H16F2N4O3/c17-9-1-2-10-16(15(9)18)25-14(19-10)7-11-20-12(8-13(23)21-11)22-3-5-24-6-4-22/h1-2,8-9,15H,3-7H2,(H,20,21,23). The largest absolute Gasteiger partial charge is 0.441 e. The molecule has 3 heterocycles. The van der Waals surface area contributed by atoms with Crippen LogP contribution in [-0.2, 0) is 11.2 Å². The second kappa shape index (κ2) is 6.40. The van der Waals surface area contributed by atoms with Gasteiger partial charge in [0.25, 0.3) is 5.56 Å². The van der Waals surface area contributed by atoms with Crippen LogP contribution in [0.2, 0.25) is 0 Å². The van der Waals surface area contributed by atoms with E-state index >= 15 is 0 Å². The third-order valence-electron chi connectivity index (χ3n) is 4.12. The van der Waals surface area contributed by atoms with Gasteiger partial charge in [-0.3, -0.25) is 4.79 Å². The lowest BCUT2D eigenvalue weighted by Gasteiger charge is -2.27. The molecule has 1 aliphatic heterocycles. The molecule has 0 aromatic carbocycles. The summed E-state index contributed by atoms with van der Waals surface area (Å²) in [6.07, 6.45) is -1.02. The van der Waals surface area contributed by atoms with E-state index in [0.717, 1.165) is 6.08 Å². The molecule has 1 N–H and O–H groups in total. The van der Waals surface area contributed by atoms with Gasteiger partial charge in [0.1, 0.15) is 17.3 Å². The minimum atomic E-state index is -1.87. The van der Waals surface area contributed by atoms with Gasteiger partial charge in [-0.2, -0.15) is 0 Å². The first-order valence-electron chi connectivity index (χ1n) is 7.99. The van der Waals surface area contributed by atoms with E-state index in [1.807, 2.05) is 4.90 Å². The van der Waals surface area contributed by atoms with Gasteiger partial charge in [-0.15, -0.1) is 0 Å². The van der Waals surface area contributed by atoms with E-state index in [1.165, 1.54) is 12.1 Å². The van der Waals surface area contributed by atoms with Crippen molar-refractivity contribution >= 4 is 11.9 Å². The average Bonchev–Trinajstić information content (AvgIpc) is 3.02. The zero-order chi connectivity index (χ0) is 17.4. The highest BCUT2D eigenvalue weighted by molar-refractivity contribution is 5.52. The molecular formula is C16H16F2N4O3. The summed E-state index contributed by atoms with van der Waals surface area (Å²) in [5.74, 6) is 0.944. The number of rotatable bonds is 3. The lowest BCUT2D eigenvalue weighted by atomic mass is 10.1. The fourth-order valence-corrected chi connectivity index (χ4v) is 2.88. The number of anilines is 1. The van der Waals surface area contributed by atoms with Gasteiger partial charge in [0.2, 0.25) is 5.89 Å². The lowest BCUT2D eigenvalue weighted by molar-refractivity contribution is 0.122. The molecule has 1 fully saturated rings. The van der Waals surface area contributed by atoms with Crippen molar-refractivity contribution in [2.75, 3.05) is 31.2 Å². The van der Waals surface area contributed by atoms with Crippen LogP contribution in [0.3, 0.4) is 0 Å². The molecule has 2 aromatic rings. The van der Waals surface area contributed by atoms with Crippen molar-refractivity contribution < 1.29 is 17.9 Å². The normalized spacial score (nSPS) is 22.9. The van der Waals surface area contributed by atoms with Gasteiger partial charge in [0.05, 0.1) is 19.6 Å². The number of allylic oxidation sites excluding steroid dienone is 1. The monoisotopic (exact) mass is 350 g/mol. The number of nitrogens with one attached hydrogen (secondary N) is 1. The topological polar surface area (TPSA) is 84.2 Å². The van der Waals surface area contributed by atoms with E-state index in [0.29, 0.717) is 37.9 Å². The van der Waals surface area contributed by atoms with E-state index in [4.69, 9.17) is 9.15 Å². The number of alkyl halides is 2. The number of aromatic amines is 1. The number of halogens is 2. The Balaban J connectivity index is 1.59. The summed E-state index contributed by atoms with van der Waals surface area (Å²) in [4.78, 5) is 25.1. The molecule has 2 atom stereocenters. The van der Waals surface area contributed by atoms with E-state index in [1.54, 1.807) is 0 Å². The van der Waals surface area contributed by atoms with E-state index in [9.17, 15) is 13.6 Å². The first-order chi connectivity index (χ1) is 12.1. The number of aromatic nitrogens is 3. The minimum absolute atomic E-state index is 0.0813. The van der Waals surface area contributed by atoms with Crippen LogP contribution in [0, 0.1) is 0 Å². The first kappa shape index (κ1) is 15.9. The van der Waals surface area contributed by atoms with Crippen molar-refractivity contribution in [3.8, 4) is 0 Å². The number of morpholine rings is 1. The molecule has 0 saturated carbocycles. The molecule has 2 aliphatic rings. The summed E-state index contributed by atoms with van der Waals surface area (Å²) < 4.78 is 37.9. The van der Waals surface area contributed by atoms with Crippen LogP contribution in [0.5, 0.6) is 0 Å². The number of ether oxygens (including phenoxy) is 1. The van der Waals surface area contributed by atoms with Gasteiger partial charge in [-0.25, -0.2) is 18.7 Å². The predicted octanol–water partition coefficient (Wildman–Crippen LogP) is 1.56. The quantitative estimate of drug-likeness (QED) is 0.904. The van der Waals surface area contributed by atoms with Crippen molar-refractivity contribution in [3.05, 3.63) is 45.7 Å². The molecule has 1 aliphatic carbocycles. The Morgan fingerprint density at radius 3 is 2.88 bits per heavy atom. The molecular weight excluding hydrogens is 334 g/mol. The molecule has 2 unspecified atom stereocenters. The molecule has 9 heteroatoms.